The molecule has 29 heavy (non-hydrogen) atoms. The van der Waals surface area contributed by atoms with Crippen LogP contribution in [-0.2, 0) is 6.54 Å². The highest BCUT2D eigenvalue weighted by Crippen LogP contribution is 2.34. The fourth-order valence-electron chi connectivity index (χ4n) is 2.94. The Balaban J connectivity index is 2.11. The van der Waals surface area contributed by atoms with Gasteiger partial charge < -0.3 is 20.8 Å². The fourth-order valence-corrected chi connectivity index (χ4v) is 2.94. The van der Waals surface area contributed by atoms with E-state index in [1.165, 1.54) is 0 Å². The molecule has 0 aromatic carbocycles. The number of anilines is 2. The molecule has 3 aromatic heterocycles. The van der Waals surface area contributed by atoms with Crippen molar-refractivity contribution in [3.8, 4) is 17.1 Å². The first kappa shape index (κ1) is 20.3. The van der Waals surface area contributed by atoms with Crippen molar-refractivity contribution in [2.75, 3.05) is 17.2 Å². The molecule has 0 bridgehead atoms. The van der Waals surface area contributed by atoms with Crippen LogP contribution in [0.25, 0.3) is 11.3 Å². The Labute approximate surface area is 170 Å². The lowest BCUT2D eigenvalue weighted by molar-refractivity contribution is 0.328. The van der Waals surface area contributed by atoms with Gasteiger partial charge in [0.15, 0.2) is 0 Å². The average Bonchev–Trinajstić information content (AvgIpc) is 3.21. The van der Waals surface area contributed by atoms with Crippen LogP contribution < -0.4 is 15.4 Å². The third-order valence-electron chi connectivity index (χ3n) is 4.15. The highest BCUT2D eigenvalue weighted by atomic mass is 16.5. The van der Waals surface area contributed by atoms with Crippen molar-refractivity contribution in [2.45, 2.75) is 40.3 Å². The number of rotatable bonds is 9. The molecule has 8 nitrogen and oxygen atoms in total. The average molecular weight is 393 g/mol. The Hall–Kier alpha value is -3.42. The van der Waals surface area contributed by atoms with Crippen molar-refractivity contribution in [2.24, 2.45) is 0 Å². The van der Waals surface area contributed by atoms with Gasteiger partial charge in [-0.2, -0.15) is 5.10 Å². The lowest BCUT2D eigenvalue weighted by Gasteiger charge is -2.20. The minimum atomic E-state index is 0.184. The van der Waals surface area contributed by atoms with E-state index in [2.05, 4.69) is 39.7 Å². The van der Waals surface area contributed by atoms with Gasteiger partial charge in [0.05, 0.1) is 47.2 Å². The third-order valence-corrected chi connectivity index (χ3v) is 4.15. The van der Waals surface area contributed by atoms with Gasteiger partial charge in [-0.1, -0.05) is 0 Å². The van der Waals surface area contributed by atoms with E-state index in [1.807, 2.05) is 31.2 Å². The summed E-state index contributed by atoms with van der Waals surface area (Å²) in [5.74, 6) is 0.527. The van der Waals surface area contributed by atoms with Crippen molar-refractivity contribution < 1.29 is 4.74 Å². The second-order valence-electron chi connectivity index (χ2n) is 6.91. The molecule has 4 N–H and O–H groups in total. The van der Waals surface area contributed by atoms with Gasteiger partial charge in [0.2, 0.25) is 5.88 Å². The first-order chi connectivity index (χ1) is 14.0. The van der Waals surface area contributed by atoms with E-state index in [4.69, 9.17) is 15.1 Å². The molecule has 0 aliphatic rings. The smallest absolute Gasteiger partial charge is 0.222 e. The predicted octanol–water partition coefficient (Wildman–Crippen LogP) is 4.09. The van der Waals surface area contributed by atoms with Crippen molar-refractivity contribution in [3.05, 3.63) is 48.0 Å². The van der Waals surface area contributed by atoms with Crippen molar-refractivity contribution >= 4 is 17.1 Å². The highest BCUT2D eigenvalue weighted by Gasteiger charge is 2.18. The molecule has 0 aliphatic heterocycles. The summed E-state index contributed by atoms with van der Waals surface area (Å²) in [5.41, 5.74) is 4.99. The minimum absolute atomic E-state index is 0.184. The lowest BCUT2D eigenvalue weighted by Crippen LogP contribution is -2.17. The Morgan fingerprint density at radius 1 is 1.31 bits per heavy atom. The van der Waals surface area contributed by atoms with Crippen LogP contribution in [0.15, 0.2) is 36.7 Å². The van der Waals surface area contributed by atoms with Crippen LogP contribution in [0, 0.1) is 5.41 Å². The van der Waals surface area contributed by atoms with Crippen LogP contribution in [0.4, 0.5) is 11.4 Å². The second kappa shape index (κ2) is 9.18. The number of hydrogen-bond donors (Lipinski definition) is 4. The Morgan fingerprint density at radius 2 is 2.14 bits per heavy atom. The molecule has 0 fully saturated rings. The number of aromatic nitrogens is 4. The van der Waals surface area contributed by atoms with Crippen molar-refractivity contribution in [1.29, 1.82) is 5.41 Å². The molecule has 0 spiro atoms. The maximum absolute atomic E-state index is 8.29. The van der Waals surface area contributed by atoms with Crippen LogP contribution in [0.1, 0.15) is 39.1 Å². The van der Waals surface area contributed by atoms with Crippen LogP contribution >= 0.6 is 0 Å². The highest BCUT2D eigenvalue weighted by molar-refractivity contribution is 6.03. The van der Waals surface area contributed by atoms with E-state index in [1.54, 1.807) is 19.3 Å². The summed E-state index contributed by atoms with van der Waals surface area (Å²) in [6, 6.07) is 7.85. The first-order valence-corrected chi connectivity index (χ1v) is 9.67. The number of ether oxygens (including phenoxy) is 1. The molecule has 3 aromatic rings. The quantitative estimate of drug-likeness (QED) is 0.408. The predicted molar refractivity (Wildman–Crippen MR) is 116 cm³/mol. The van der Waals surface area contributed by atoms with Crippen LogP contribution in [0.3, 0.4) is 0 Å². The van der Waals surface area contributed by atoms with Crippen molar-refractivity contribution in [1.82, 2.24) is 20.2 Å². The molecule has 0 saturated carbocycles. The molecule has 0 radical (unpaired) electrons. The number of pyridine rings is 2. The Bertz CT molecular complexity index is 967. The van der Waals surface area contributed by atoms with Gasteiger partial charge in [0.1, 0.15) is 5.69 Å². The van der Waals surface area contributed by atoms with Gasteiger partial charge >= 0.3 is 0 Å². The molecule has 3 rings (SSSR count). The number of nitrogens with one attached hydrogen (secondary N) is 4. The van der Waals surface area contributed by atoms with Crippen LogP contribution in [-0.4, -0.2) is 38.5 Å². The lowest BCUT2D eigenvalue weighted by atomic mass is 10.1. The molecule has 152 valence electrons. The molecular weight excluding hydrogens is 366 g/mol. The van der Waals surface area contributed by atoms with Crippen LogP contribution in [0.5, 0.6) is 5.88 Å². The standard InChI is InChI=1S/C21H27N7O/c1-5-29-21-16(7-6-9-23-21)17-11-18(24-12-15-8-10-25-28-15)20(26-13(2)3)19(27-17)14(4)22/h6-11,13,22,26H,5,12H2,1-4H3,(H,24,27)(H,25,28). The summed E-state index contributed by atoms with van der Waals surface area (Å²) in [6.07, 6.45) is 3.49. The van der Waals surface area contributed by atoms with Gasteiger partial charge in [-0.25, -0.2) is 9.97 Å². The van der Waals surface area contributed by atoms with E-state index < -0.39 is 0 Å². The van der Waals surface area contributed by atoms with Gasteiger partial charge in [-0.15, -0.1) is 0 Å². The molecular formula is C21H27N7O. The number of nitrogens with zero attached hydrogens (tertiary/aromatic N) is 3. The SMILES string of the molecule is CCOc1ncccc1-c1cc(NCc2cc[nH]n2)c(NC(C)C)c(C(C)=N)n1. The summed E-state index contributed by atoms with van der Waals surface area (Å²) in [4.78, 5) is 9.12. The van der Waals surface area contributed by atoms with E-state index in [-0.39, 0.29) is 6.04 Å². The molecule has 3 heterocycles. The number of aromatic amines is 1. The summed E-state index contributed by atoms with van der Waals surface area (Å²) >= 11 is 0. The zero-order valence-corrected chi connectivity index (χ0v) is 17.2. The number of hydrogen-bond acceptors (Lipinski definition) is 7. The largest absolute Gasteiger partial charge is 0.477 e. The first-order valence-electron chi connectivity index (χ1n) is 9.67. The zero-order chi connectivity index (χ0) is 20.8. The van der Waals surface area contributed by atoms with Crippen molar-refractivity contribution in [3.63, 3.8) is 0 Å². The molecule has 0 saturated heterocycles. The maximum atomic E-state index is 8.29. The van der Waals surface area contributed by atoms with E-state index in [9.17, 15) is 0 Å². The second-order valence-corrected chi connectivity index (χ2v) is 6.91. The van der Waals surface area contributed by atoms with Gasteiger partial charge in [-0.05, 0) is 52.0 Å². The normalized spacial score (nSPS) is 10.8. The maximum Gasteiger partial charge on any atom is 0.222 e. The molecule has 8 heteroatoms. The molecule has 0 aliphatic carbocycles. The van der Waals surface area contributed by atoms with E-state index in [0.29, 0.717) is 36.1 Å². The van der Waals surface area contributed by atoms with Gasteiger partial charge in [0, 0.05) is 18.4 Å². The Kier molecular flexibility index (Phi) is 6.43. The molecule has 0 atom stereocenters. The Morgan fingerprint density at radius 3 is 2.79 bits per heavy atom. The van der Waals surface area contributed by atoms with Gasteiger partial charge in [0.25, 0.3) is 0 Å². The molecule has 0 unspecified atom stereocenters. The summed E-state index contributed by atoms with van der Waals surface area (Å²) in [5, 5.41) is 22.2. The van der Waals surface area contributed by atoms with E-state index >= 15 is 0 Å². The monoisotopic (exact) mass is 393 g/mol. The summed E-state index contributed by atoms with van der Waals surface area (Å²) in [6.45, 7) is 8.83. The summed E-state index contributed by atoms with van der Waals surface area (Å²) in [7, 11) is 0. The fraction of sp³-hybridized carbons (Fsp3) is 0.333. The topological polar surface area (TPSA) is 112 Å². The third kappa shape index (κ3) is 4.90. The van der Waals surface area contributed by atoms with Crippen LogP contribution in [0.2, 0.25) is 0 Å². The zero-order valence-electron chi connectivity index (χ0n) is 17.2. The number of H-pyrrole nitrogens is 1. The van der Waals surface area contributed by atoms with E-state index in [0.717, 1.165) is 22.6 Å². The molecule has 0 amide bonds. The summed E-state index contributed by atoms with van der Waals surface area (Å²) < 4.78 is 5.69. The van der Waals surface area contributed by atoms with Gasteiger partial charge in [-0.3, -0.25) is 5.10 Å². The minimum Gasteiger partial charge on any atom is -0.477 e.